The van der Waals surface area contributed by atoms with Gasteiger partial charge in [-0.1, -0.05) is 44.7 Å². The summed E-state index contributed by atoms with van der Waals surface area (Å²) < 4.78 is 0. The first-order valence-electron chi connectivity index (χ1n) is 9.15. The molecule has 116 valence electrons. The van der Waals surface area contributed by atoms with E-state index in [-0.39, 0.29) is 0 Å². The van der Waals surface area contributed by atoms with Gasteiger partial charge < -0.3 is 4.90 Å². The molecule has 1 saturated heterocycles. The molecule has 0 unspecified atom stereocenters. The number of benzene rings is 1. The van der Waals surface area contributed by atoms with Crippen molar-refractivity contribution in [2.45, 2.75) is 64.7 Å². The SMILES string of the molecule is CC1CCC(CCc2ccc(N3CCCCC3)cc2)CC1. The summed E-state index contributed by atoms with van der Waals surface area (Å²) in [5.41, 5.74) is 2.97. The molecule has 21 heavy (non-hydrogen) atoms. The second-order valence-corrected chi connectivity index (χ2v) is 7.38. The molecule has 1 nitrogen and oxygen atoms in total. The third kappa shape index (κ3) is 4.25. The molecule has 1 aromatic rings. The Hall–Kier alpha value is -0.980. The van der Waals surface area contributed by atoms with E-state index in [0.717, 1.165) is 11.8 Å². The molecule has 0 radical (unpaired) electrons. The number of aryl methyl sites for hydroxylation is 1. The predicted molar refractivity (Wildman–Crippen MR) is 91.9 cm³/mol. The van der Waals surface area contributed by atoms with Crippen LogP contribution < -0.4 is 4.90 Å². The third-order valence-corrected chi connectivity index (χ3v) is 5.63. The molecule has 1 heterocycles. The lowest BCUT2D eigenvalue weighted by Gasteiger charge is -2.29. The van der Waals surface area contributed by atoms with Crippen molar-refractivity contribution in [1.82, 2.24) is 0 Å². The van der Waals surface area contributed by atoms with Gasteiger partial charge in [0.05, 0.1) is 0 Å². The average Bonchev–Trinajstić information content (AvgIpc) is 2.56. The van der Waals surface area contributed by atoms with Gasteiger partial charge in [-0.15, -0.1) is 0 Å². The van der Waals surface area contributed by atoms with Gasteiger partial charge >= 0.3 is 0 Å². The lowest BCUT2D eigenvalue weighted by atomic mass is 9.80. The van der Waals surface area contributed by atoms with Crippen molar-refractivity contribution in [2.75, 3.05) is 18.0 Å². The molecule has 1 aliphatic carbocycles. The van der Waals surface area contributed by atoms with E-state index in [2.05, 4.69) is 36.1 Å². The van der Waals surface area contributed by atoms with Gasteiger partial charge in [0.25, 0.3) is 0 Å². The molecule has 0 amide bonds. The van der Waals surface area contributed by atoms with Crippen molar-refractivity contribution in [3.63, 3.8) is 0 Å². The normalized spacial score (nSPS) is 26.8. The van der Waals surface area contributed by atoms with Crippen LogP contribution in [0.5, 0.6) is 0 Å². The Bertz CT molecular complexity index is 408. The topological polar surface area (TPSA) is 3.24 Å². The quantitative estimate of drug-likeness (QED) is 0.712. The van der Waals surface area contributed by atoms with Crippen LogP contribution in [0.4, 0.5) is 5.69 Å². The molecule has 0 atom stereocenters. The van der Waals surface area contributed by atoms with E-state index in [0.29, 0.717) is 0 Å². The van der Waals surface area contributed by atoms with E-state index in [1.54, 1.807) is 0 Å². The van der Waals surface area contributed by atoms with E-state index in [9.17, 15) is 0 Å². The highest BCUT2D eigenvalue weighted by molar-refractivity contribution is 5.47. The van der Waals surface area contributed by atoms with Crippen molar-refractivity contribution >= 4 is 5.69 Å². The fourth-order valence-electron chi connectivity index (χ4n) is 4.01. The maximum atomic E-state index is 2.55. The second-order valence-electron chi connectivity index (χ2n) is 7.38. The monoisotopic (exact) mass is 285 g/mol. The highest BCUT2D eigenvalue weighted by atomic mass is 15.1. The number of anilines is 1. The smallest absolute Gasteiger partial charge is 0.0366 e. The van der Waals surface area contributed by atoms with Crippen LogP contribution in [0.3, 0.4) is 0 Å². The third-order valence-electron chi connectivity index (χ3n) is 5.63. The molecule has 3 rings (SSSR count). The van der Waals surface area contributed by atoms with Gasteiger partial charge in [0.1, 0.15) is 0 Å². The number of rotatable bonds is 4. The zero-order valence-corrected chi connectivity index (χ0v) is 13.7. The maximum absolute atomic E-state index is 2.55. The lowest BCUT2D eigenvalue weighted by Crippen LogP contribution is -2.29. The number of nitrogens with zero attached hydrogens (tertiary/aromatic N) is 1. The number of piperidine rings is 1. The van der Waals surface area contributed by atoms with Gasteiger partial charge in [-0.3, -0.25) is 0 Å². The minimum absolute atomic E-state index is 0.977. The van der Waals surface area contributed by atoms with Gasteiger partial charge in [-0.2, -0.15) is 0 Å². The van der Waals surface area contributed by atoms with Crippen LogP contribution in [0.25, 0.3) is 0 Å². The minimum Gasteiger partial charge on any atom is -0.372 e. The van der Waals surface area contributed by atoms with Crippen LogP contribution in [0.2, 0.25) is 0 Å². The van der Waals surface area contributed by atoms with Gasteiger partial charge in [0, 0.05) is 18.8 Å². The van der Waals surface area contributed by atoms with Crippen LogP contribution in [-0.4, -0.2) is 13.1 Å². The Morgan fingerprint density at radius 2 is 1.57 bits per heavy atom. The molecule has 0 N–H and O–H groups in total. The van der Waals surface area contributed by atoms with Crippen molar-refractivity contribution in [2.24, 2.45) is 11.8 Å². The number of hydrogen-bond donors (Lipinski definition) is 0. The van der Waals surface area contributed by atoms with E-state index < -0.39 is 0 Å². The zero-order valence-electron chi connectivity index (χ0n) is 13.7. The summed E-state index contributed by atoms with van der Waals surface area (Å²) in [5, 5.41) is 0. The molecule has 0 aromatic heterocycles. The van der Waals surface area contributed by atoms with E-state index in [1.165, 1.54) is 82.1 Å². The summed E-state index contributed by atoms with van der Waals surface area (Å²) in [6.45, 7) is 4.91. The van der Waals surface area contributed by atoms with E-state index >= 15 is 0 Å². The molecule has 2 fully saturated rings. The largest absolute Gasteiger partial charge is 0.372 e. The van der Waals surface area contributed by atoms with Crippen molar-refractivity contribution in [3.05, 3.63) is 29.8 Å². The maximum Gasteiger partial charge on any atom is 0.0366 e. The fraction of sp³-hybridized carbons (Fsp3) is 0.700. The molecule has 1 heteroatoms. The Balaban J connectivity index is 1.48. The molecular weight excluding hydrogens is 254 g/mol. The second kappa shape index (κ2) is 7.33. The summed E-state index contributed by atoms with van der Waals surface area (Å²) in [7, 11) is 0. The average molecular weight is 285 g/mol. The molecule has 1 saturated carbocycles. The van der Waals surface area contributed by atoms with Crippen LogP contribution >= 0.6 is 0 Å². The van der Waals surface area contributed by atoms with Gasteiger partial charge in [0.2, 0.25) is 0 Å². The first-order chi connectivity index (χ1) is 10.3. The van der Waals surface area contributed by atoms with Crippen LogP contribution in [0.1, 0.15) is 63.9 Å². The summed E-state index contributed by atoms with van der Waals surface area (Å²) in [6, 6.07) is 9.44. The summed E-state index contributed by atoms with van der Waals surface area (Å²) in [5.74, 6) is 1.97. The summed E-state index contributed by atoms with van der Waals surface area (Å²) in [6.07, 6.45) is 12.7. The molecule has 2 aliphatic rings. The molecule has 1 aromatic carbocycles. The van der Waals surface area contributed by atoms with E-state index in [4.69, 9.17) is 0 Å². The van der Waals surface area contributed by atoms with Gasteiger partial charge in [0.15, 0.2) is 0 Å². The van der Waals surface area contributed by atoms with Crippen LogP contribution in [0, 0.1) is 11.8 Å². The first-order valence-corrected chi connectivity index (χ1v) is 9.15. The summed E-state index contributed by atoms with van der Waals surface area (Å²) >= 11 is 0. The van der Waals surface area contributed by atoms with Crippen molar-refractivity contribution < 1.29 is 0 Å². The van der Waals surface area contributed by atoms with Crippen LogP contribution in [0.15, 0.2) is 24.3 Å². The lowest BCUT2D eigenvalue weighted by molar-refractivity contribution is 0.278. The Kier molecular flexibility index (Phi) is 5.22. The van der Waals surface area contributed by atoms with Crippen molar-refractivity contribution in [1.29, 1.82) is 0 Å². The predicted octanol–water partition coefficient (Wildman–Crippen LogP) is 5.44. The standard InChI is InChI=1S/C20H31N/c1-17-5-7-18(8-6-17)9-10-19-11-13-20(14-12-19)21-15-3-2-4-16-21/h11-14,17-18H,2-10,15-16H2,1H3. The van der Waals surface area contributed by atoms with Gasteiger partial charge in [-0.05, 0) is 61.6 Å². The highest BCUT2D eigenvalue weighted by Gasteiger charge is 2.18. The van der Waals surface area contributed by atoms with Crippen molar-refractivity contribution in [3.8, 4) is 0 Å². The molecule has 0 spiro atoms. The molecular formula is C20H31N. The van der Waals surface area contributed by atoms with Gasteiger partial charge in [-0.25, -0.2) is 0 Å². The fourth-order valence-corrected chi connectivity index (χ4v) is 4.01. The zero-order chi connectivity index (χ0) is 14.5. The summed E-state index contributed by atoms with van der Waals surface area (Å²) in [4.78, 5) is 2.55. The number of hydrogen-bond acceptors (Lipinski definition) is 1. The van der Waals surface area contributed by atoms with Crippen LogP contribution in [-0.2, 0) is 6.42 Å². The first kappa shape index (κ1) is 14.9. The molecule has 1 aliphatic heterocycles. The Morgan fingerprint density at radius 1 is 0.905 bits per heavy atom. The Labute approximate surface area is 130 Å². The van der Waals surface area contributed by atoms with E-state index in [1.807, 2.05) is 0 Å². The molecule has 0 bridgehead atoms. The minimum atomic E-state index is 0.977. The highest BCUT2D eigenvalue weighted by Crippen LogP contribution is 2.31. The Morgan fingerprint density at radius 3 is 2.24 bits per heavy atom.